The molecule has 0 bridgehead atoms. The summed E-state index contributed by atoms with van der Waals surface area (Å²) in [4.78, 5) is 23.1. The maximum Gasteiger partial charge on any atom is 0.416 e. The molecule has 1 aliphatic rings. The lowest BCUT2D eigenvalue weighted by Crippen LogP contribution is -2.40. The molecule has 0 atom stereocenters. The largest absolute Gasteiger partial charge is 0.416 e. The van der Waals surface area contributed by atoms with E-state index < -0.39 is 23.5 Å². The Morgan fingerprint density at radius 3 is 2.29 bits per heavy atom. The molecule has 2 N–H and O–H groups in total. The Kier molecular flexibility index (Phi) is 6.66. The van der Waals surface area contributed by atoms with Crippen molar-refractivity contribution in [1.82, 2.24) is 15.3 Å². The van der Waals surface area contributed by atoms with Crippen LogP contribution in [-0.4, -0.2) is 42.1 Å². The van der Waals surface area contributed by atoms with Gasteiger partial charge in [-0.15, -0.1) is 0 Å². The van der Waals surface area contributed by atoms with Gasteiger partial charge in [-0.25, -0.2) is 9.37 Å². The van der Waals surface area contributed by atoms with Gasteiger partial charge in [-0.2, -0.15) is 18.2 Å². The molecule has 0 saturated heterocycles. The van der Waals surface area contributed by atoms with Crippen LogP contribution < -0.4 is 15.5 Å². The monoisotopic (exact) mass is 439 g/mol. The van der Waals surface area contributed by atoms with E-state index in [4.69, 9.17) is 0 Å². The van der Waals surface area contributed by atoms with Gasteiger partial charge in [-0.05, 0) is 50.8 Å². The summed E-state index contributed by atoms with van der Waals surface area (Å²) in [6, 6.07) is 3.67. The second-order valence-corrected chi connectivity index (χ2v) is 7.98. The van der Waals surface area contributed by atoms with Crippen molar-refractivity contribution in [3.05, 3.63) is 46.9 Å². The first-order chi connectivity index (χ1) is 14.5. The number of halogens is 4. The summed E-state index contributed by atoms with van der Waals surface area (Å²) in [6.07, 6.45) is -1.98. The van der Waals surface area contributed by atoms with E-state index in [-0.39, 0.29) is 17.6 Å². The number of amides is 1. The SMILES string of the molecule is Cc1cc(N(C)C)nc(NC2CCC(NC(=O)c3cc(F)cc(C(F)(F)F)c3)CC2)n1. The van der Waals surface area contributed by atoms with Crippen molar-refractivity contribution in [2.75, 3.05) is 24.3 Å². The highest BCUT2D eigenvalue weighted by Crippen LogP contribution is 2.30. The van der Waals surface area contributed by atoms with Crippen molar-refractivity contribution in [3.63, 3.8) is 0 Å². The van der Waals surface area contributed by atoms with E-state index in [1.165, 1.54) is 0 Å². The first kappa shape index (κ1) is 22.8. The van der Waals surface area contributed by atoms with Gasteiger partial charge in [0.1, 0.15) is 11.6 Å². The fourth-order valence-electron chi connectivity index (χ4n) is 3.56. The molecular formula is C21H25F4N5O. The van der Waals surface area contributed by atoms with Crippen molar-refractivity contribution in [3.8, 4) is 0 Å². The quantitative estimate of drug-likeness (QED) is 0.685. The average molecular weight is 439 g/mol. The van der Waals surface area contributed by atoms with E-state index in [9.17, 15) is 22.4 Å². The summed E-state index contributed by atoms with van der Waals surface area (Å²) in [7, 11) is 3.80. The van der Waals surface area contributed by atoms with Crippen molar-refractivity contribution in [2.45, 2.75) is 50.9 Å². The molecule has 1 aromatic carbocycles. The lowest BCUT2D eigenvalue weighted by molar-refractivity contribution is -0.137. The topological polar surface area (TPSA) is 70.2 Å². The molecule has 1 aromatic heterocycles. The van der Waals surface area contributed by atoms with E-state index in [2.05, 4.69) is 20.6 Å². The third-order valence-electron chi connectivity index (χ3n) is 5.18. The second kappa shape index (κ2) is 9.07. The van der Waals surface area contributed by atoms with Crippen molar-refractivity contribution < 1.29 is 22.4 Å². The number of carbonyl (C=O) groups excluding carboxylic acids is 1. The van der Waals surface area contributed by atoms with Gasteiger partial charge in [0.2, 0.25) is 5.95 Å². The maximum atomic E-state index is 13.6. The van der Waals surface area contributed by atoms with Gasteiger partial charge >= 0.3 is 6.18 Å². The highest BCUT2D eigenvalue weighted by molar-refractivity contribution is 5.94. The molecule has 0 spiro atoms. The molecule has 1 heterocycles. The summed E-state index contributed by atoms with van der Waals surface area (Å²) >= 11 is 0. The molecule has 1 aliphatic carbocycles. The average Bonchev–Trinajstić information content (AvgIpc) is 2.68. The Hall–Kier alpha value is -2.91. The third-order valence-corrected chi connectivity index (χ3v) is 5.18. The lowest BCUT2D eigenvalue weighted by Gasteiger charge is -2.30. The fourth-order valence-corrected chi connectivity index (χ4v) is 3.56. The molecule has 168 valence electrons. The Morgan fingerprint density at radius 1 is 1.03 bits per heavy atom. The molecular weight excluding hydrogens is 414 g/mol. The molecule has 31 heavy (non-hydrogen) atoms. The van der Waals surface area contributed by atoms with Gasteiger partial charge in [0, 0.05) is 43.5 Å². The number of hydrogen-bond donors (Lipinski definition) is 2. The number of hydrogen-bond acceptors (Lipinski definition) is 5. The molecule has 6 nitrogen and oxygen atoms in total. The van der Waals surface area contributed by atoms with Gasteiger partial charge in [-0.1, -0.05) is 0 Å². The van der Waals surface area contributed by atoms with Crippen LogP contribution >= 0.6 is 0 Å². The highest BCUT2D eigenvalue weighted by Gasteiger charge is 2.32. The van der Waals surface area contributed by atoms with E-state index in [1.807, 2.05) is 32.0 Å². The summed E-state index contributed by atoms with van der Waals surface area (Å²) in [5, 5.41) is 6.04. The van der Waals surface area contributed by atoms with Crippen molar-refractivity contribution in [2.24, 2.45) is 0 Å². The predicted octanol–water partition coefficient (Wildman–Crippen LogP) is 4.16. The van der Waals surface area contributed by atoms with Crippen LogP contribution in [-0.2, 0) is 6.18 Å². The zero-order chi connectivity index (χ0) is 22.8. The first-order valence-electron chi connectivity index (χ1n) is 9.99. The number of nitrogens with one attached hydrogen (secondary N) is 2. The second-order valence-electron chi connectivity index (χ2n) is 7.98. The molecule has 0 aliphatic heterocycles. The van der Waals surface area contributed by atoms with Crippen LogP contribution in [0.25, 0.3) is 0 Å². The van der Waals surface area contributed by atoms with Crippen LogP contribution in [0.4, 0.5) is 29.3 Å². The van der Waals surface area contributed by atoms with Crippen molar-refractivity contribution in [1.29, 1.82) is 0 Å². The van der Waals surface area contributed by atoms with E-state index in [1.54, 1.807) is 0 Å². The van der Waals surface area contributed by atoms with Crippen LogP contribution in [0.2, 0.25) is 0 Å². The van der Waals surface area contributed by atoms with Crippen LogP contribution in [0.1, 0.15) is 47.3 Å². The molecule has 0 radical (unpaired) electrons. The molecule has 1 amide bonds. The minimum atomic E-state index is -4.72. The number of aromatic nitrogens is 2. The third kappa shape index (κ3) is 6.05. The standard InChI is InChI=1S/C21H25F4N5O/c1-12-8-18(30(2)3)29-20(26-12)28-17-6-4-16(5-7-17)27-19(31)13-9-14(21(23,24)25)11-15(22)10-13/h8-11,16-17H,4-7H2,1-3H3,(H,27,31)(H,26,28,29). The Labute approximate surface area is 178 Å². The van der Waals surface area contributed by atoms with E-state index >= 15 is 0 Å². The van der Waals surface area contributed by atoms with Gasteiger partial charge in [0.15, 0.2) is 0 Å². The maximum absolute atomic E-state index is 13.6. The highest BCUT2D eigenvalue weighted by atomic mass is 19.4. The molecule has 3 rings (SSSR count). The fraction of sp³-hybridized carbons (Fsp3) is 0.476. The Bertz CT molecular complexity index is 940. The van der Waals surface area contributed by atoms with E-state index in [0.717, 1.165) is 30.4 Å². The summed E-state index contributed by atoms with van der Waals surface area (Å²) < 4.78 is 52.2. The zero-order valence-electron chi connectivity index (χ0n) is 17.6. The summed E-state index contributed by atoms with van der Waals surface area (Å²) in [6.45, 7) is 1.89. The number of rotatable bonds is 5. The Morgan fingerprint density at radius 2 is 1.68 bits per heavy atom. The lowest BCUT2D eigenvalue weighted by atomic mass is 9.91. The number of anilines is 2. The summed E-state index contributed by atoms with van der Waals surface area (Å²) in [5.74, 6) is -0.470. The van der Waals surface area contributed by atoms with Crippen LogP contribution in [0.15, 0.2) is 24.3 Å². The van der Waals surface area contributed by atoms with Crippen LogP contribution in [0, 0.1) is 12.7 Å². The molecule has 2 aromatic rings. The van der Waals surface area contributed by atoms with Gasteiger partial charge in [-0.3, -0.25) is 4.79 Å². The number of aryl methyl sites for hydroxylation is 1. The minimum Gasteiger partial charge on any atom is -0.363 e. The molecule has 1 saturated carbocycles. The van der Waals surface area contributed by atoms with Crippen molar-refractivity contribution >= 4 is 17.7 Å². The number of carbonyl (C=O) groups is 1. The van der Waals surface area contributed by atoms with Crippen LogP contribution in [0.3, 0.4) is 0 Å². The number of benzene rings is 1. The first-order valence-corrected chi connectivity index (χ1v) is 9.99. The Balaban J connectivity index is 1.57. The smallest absolute Gasteiger partial charge is 0.363 e. The predicted molar refractivity (Wildman–Crippen MR) is 110 cm³/mol. The minimum absolute atomic E-state index is 0.121. The number of alkyl halides is 3. The van der Waals surface area contributed by atoms with Crippen LogP contribution in [0.5, 0.6) is 0 Å². The van der Waals surface area contributed by atoms with Gasteiger partial charge in [0.05, 0.1) is 5.56 Å². The number of nitrogens with zero attached hydrogens (tertiary/aromatic N) is 3. The molecule has 0 unspecified atom stereocenters. The normalized spacial score (nSPS) is 19.1. The molecule has 1 fully saturated rings. The zero-order valence-corrected chi connectivity index (χ0v) is 17.6. The van der Waals surface area contributed by atoms with Gasteiger partial charge < -0.3 is 15.5 Å². The van der Waals surface area contributed by atoms with E-state index in [0.29, 0.717) is 30.9 Å². The van der Waals surface area contributed by atoms with Gasteiger partial charge in [0.25, 0.3) is 5.91 Å². The molecule has 10 heteroatoms. The summed E-state index contributed by atoms with van der Waals surface area (Å²) in [5.41, 5.74) is -0.673.